The Kier molecular flexibility index (Phi) is 16.6. The van der Waals surface area contributed by atoms with E-state index in [4.69, 9.17) is 4.74 Å². The molecule has 30 heavy (non-hydrogen) atoms. The summed E-state index contributed by atoms with van der Waals surface area (Å²) in [5.74, 6) is 3.99. The van der Waals surface area contributed by atoms with Gasteiger partial charge in [0.05, 0.1) is 19.2 Å². The molecule has 0 saturated carbocycles. The number of carbonyl (C=O) groups is 1. The Morgan fingerprint density at radius 2 is 1.73 bits per heavy atom. The monoisotopic (exact) mass is 444 g/mol. The molecule has 0 aliphatic rings. The molecule has 3 atom stereocenters. The number of carbonyl (C=O) groups excluding carboxylic acids is 1. The smallest absolute Gasteiger partial charge is 0.548 e. The zero-order chi connectivity index (χ0) is 21.5. The van der Waals surface area contributed by atoms with Crippen LogP contribution in [0, 0.1) is 17.7 Å². The standard InChI is InChI=1S/C21H23FO7.K/c22-16-9-11-18(12-10-16)29-13-17(23)7-5-3-1-2-4-6-8-19(24)20(25)14-28-15-21(26)27;/h2,4-12,17,19-20,23-25H,13-15H2,(H,26,27);/q;+1/p-1/t17-,19-,20-;/m0./s1. The molecule has 0 aliphatic carbocycles. The summed E-state index contributed by atoms with van der Waals surface area (Å²) in [5, 5.41) is 39.0. The van der Waals surface area contributed by atoms with Crippen molar-refractivity contribution in [2.45, 2.75) is 18.3 Å². The summed E-state index contributed by atoms with van der Waals surface area (Å²) in [6.45, 7) is -1.01. The van der Waals surface area contributed by atoms with Crippen LogP contribution in [0.4, 0.5) is 4.39 Å². The Hall–Kier alpha value is -1.32. The van der Waals surface area contributed by atoms with Crippen LogP contribution in [0.2, 0.25) is 0 Å². The molecule has 0 aliphatic heterocycles. The maximum atomic E-state index is 12.8. The van der Waals surface area contributed by atoms with E-state index in [0.29, 0.717) is 5.75 Å². The molecule has 0 fully saturated rings. The van der Waals surface area contributed by atoms with Crippen LogP contribution in [0.5, 0.6) is 5.75 Å². The summed E-state index contributed by atoms with van der Waals surface area (Å²) in [4.78, 5) is 10.2. The Labute approximate surface area is 216 Å². The minimum atomic E-state index is -1.41. The van der Waals surface area contributed by atoms with Crippen molar-refractivity contribution >= 4 is 5.97 Å². The number of hydrogen-bond acceptors (Lipinski definition) is 7. The summed E-state index contributed by atoms with van der Waals surface area (Å²) in [6.07, 6.45) is 5.24. The predicted molar refractivity (Wildman–Crippen MR) is 101 cm³/mol. The number of ether oxygens (including phenoxy) is 2. The average Bonchev–Trinajstić information content (AvgIpc) is 2.69. The minimum Gasteiger partial charge on any atom is -0.548 e. The van der Waals surface area contributed by atoms with Gasteiger partial charge in [0.1, 0.15) is 36.5 Å². The number of allylic oxidation sites excluding steroid dienone is 4. The number of benzene rings is 1. The molecule has 1 aromatic rings. The van der Waals surface area contributed by atoms with Gasteiger partial charge in [-0.3, -0.25) is 0 Å². The fraction of sp³-hybridized carbons (Fsp3) is 0.286. The number of aliphatic carboxylic acids is 1. The van der Waals surface area contributed by atoms with Crippen LogP contribution < -0.4 is 61.2 Å². The SMILES string of the molecule is O=C([O-])COC[C@H](O)[C@@H](O)C=CC=CC#CC=C[C@H](O)COc1ccc(F)cc1.[K+]. The second-order valence-electron chi connectivity index (χ2n) is 5.67. The Bertz CT molecular complexity index is 766. The Morgan fingerprint density at radius 3 is 2.40 bits per heavy atom. The first kappa shape index (κ1) is 28.7. The van der Waals surface area contributed by atoms with Crippen LogP contribution in [0.25, 0.3) is 0 Å². The van der Waals surface area contributed by atoms with Gasteiger partial charge in [0.25, 0.3) is 0 Å². The van der Waals surface area contributed by atoms with Gasteiger partial charge in [0, 0.05) is 0 Å². The predicted octanol–water partition coefficient (Wildman–Crippen LogP) is -3.27. The van der Waals surface area contributed by atoms with Crippen LogP contribution in [0.15, 0.2) is 60.7 Å². The van der Waals surface area contributed by atoms with Crippen molar-refractivity contribution in [1.82, 2.24) is 0 Å². The largest absolute Gasteiger partial charge is 1.00 e. The number of aliphatic hydroxyl groups is 3. The van der Waals surface area contributed by atoms with Gasteiger partial charge in [-0.15, -0.1) is 0 Å². The Morgan fingerprint density at radius 1 is 1.07 bits per heavy atom. The van der Waals surface area contributed by atoms with Crippen LogP contribution >= 0.6 is 0 Å². The molecule has 3 N–H and O–H groups in total. The van der Waals surface area contributed by atoms with Crippen molar-refractivity contribution in [2.24, 2.45) is 0 Å². The molecule has 0 aromatic heterocycles. The van der Waals surface area contributed by atoms with Gasteiger partial charge in [-0.05, 0) is 42.5 Å². The van der Waals surface area contributed by atoms with Crippen molar-refractivity contribution in [1.29, 1.82) is 0 Å². The van der Waals surface area contributed by atoms with Gasteiger partial charge in [-0.1, -0.05) is 30.1 Å². The van der Waals surface area contributed by atoms with Gasteiger partial charge < -0.3 is 34.7 Å². The second-order valence-corrected chi connectivity index (χ2v) is 5.67. The van der Waals surface area contributed by atoms with E-state index in [2.05, 4.69) is 16.6 Å². The summed E-state index contributed by atoms with van der Waals surface area (Å²) in [7, 11) is 0. The maximum Gasteiger partial charge on any atom is 1.00 e. The number of hydrogen-bond donors (Lipinski definition) is 3. The van der Waals surface area contributed by atoms with Crippen LogP contribution in [0.3, 0.4) is 0 Å². The van der Waals surface area contributed by atoms with Gasteiger partial charge in [0.2, 0.25) is 0 Å². The number of halogens is 1. The molecule has 0 unspecified atom stereocenters. The van der Waals surface area contributed by atoms with E-state index in [1.54, 1.807) is 0 Å². The first-order chi connectivity index (χ1) is 13.9. The number of rotatable bonds is 11. The molecule has 0 saturated heterocycles. The van der Waals surface area contributed by atoms with E-state index >= 15 is 0 Å². The fourth-order valence-electron chi connectivity index (χ4n) is 1.79. The molecule has 7 nitrogen and oxygen atoms in total. The third-order valence-corrected chi connectivity index (χ3v) is 3.22. The van der Waals surface area contributed by atoms with Crippen molar-refractivity contribution in [3.05, 3.63) is 66.5 Å². The fourth-order valence-corrected chi connectivity index (χ4v) is 1.79. The van der Waals surface area contributed by atoms with Crippen molar-refractivity contribution < 1.29 is 90.5 Å². The molecule has 1 aromatic carbocycles. The van der Waals surface area contributed by atoms with Gasteiger partial charge in [-0.25, -0.2) is 4.39 Å². The molecule has 0 heterocycles. The number of aliphatic hydroxyl groups excluding tert-OH is 3. The van der Waals surface area contributed by atoms with E-state index in [-0.39, 0.29) is 70.4 Å². The zero-order valence-corrected chi connectivity index (χ0v) is 19.6. The Balaban J connectivity index is 0.00000841. The van der Waals surface area contributed by atoms with Crippen LogP contribution in [-0.2, 0) is 9.53 Å². The maximum absolute atomic E-state index is 12.8. The van der Waals surface area contributed by atoms with Crippen LogP contribution in [-0.4, -0.2) is 59.4 Å². The minimum absolute atomic E-state index is 0. The van der Waals surface area contributed by atoms with Gasteiger partial charge >= 0.3 is 51.4 Å². The second kappa shape index (κ2) is 17.4. The summed E-state index contributed by atoms with van der Waals surface area (Å²) in [5.41, 5.74) is 0. The average molecular weight is 444 g/mol. The third kappa shape index (κ3) is 14.6. The molecule has 0 bridgehead atoms. The van der Waals surface area contributed by atoms with E-state index in [0.717, 1.165) is 0 Å². The van der Waals surface area contributed by atoms with E-state index < -0.39 is 30.9 Å². The van der Waals surface area contributed by atoms with Crippen molar-refractivity contribution in [3.8, 4) is 17.6 Å². The molecule has 0 spiro atoms. The quantitative estimate of drug-likeness (QED) is 0.186. The first-order valence-corrected chi connectivity index (χ1v) is 8.59. The molecule has 1 rings (SSSR count). The first-order valence-electron chi connectivity index (χ1n) is 8.59. The van der Waals surface area contributed by atoms with Crippen LogP contribution in [0.1, 0.15) is 0 Å². The zero-order valence-electron chi connectivity index (χ0n) is 16.5. The topological polar surface area (TPSA) is 119 Å². The summed E-state index contributed by atoms with van der Waals surface area (Å²) >= 11 is 0. The molecular formula is C21H22FKO7. The third-order valence-electron chi connectivity index (χ3n) is 3.22. The van der Waals surface area contributed by atoms with E-state index in [9.17, 15) is 29.6 Å². The summed E-state index contributed by atoms with van der Waals surface area (Å²) < 4.78 is 22.7. The normalized spacial score (nSPS) is 14.1. The number of carboxylic acids is 1. The van der Waals surface area contributed by atoms with Crippen molar-refractivity contribution in [2.75, 3.05) is 19.8 Å². The molecular weight excluding hydrogens is 422 g/mol. The van der Waals surface area contributed by atoms with Crippen molar-refractivity contribution in [3.63, 3.8) is 0 Å². The molecule has 0 radical (unpaired) electrons. The molecule has 156 valence electrons. The van der Waals surface area contributed by atoms with E-state index in [1.807, 2.05) is 0 Å². The summed E-state index contributed by atoms with van der Waals surface area (Å²) in [6, 6.07) is 5.43. The van der Waals surface area contributed by atoms with E-state index in [1.165, 1.54) is 60.7 Å². The molecule has 0 amide bonds. The molecule has 9 heteroatoms. The van der Waals surface area contributed by atoms with Gasteiger partial charge in [-0.2, -0.15) is 0 Å². The number of carboxylic acid groups (broad SMARTS) is 1. The van der Waals surface area contributed by atoms with Gasteiger partial charge in [0.15, 0.2) is 0 Å².